The highest BCUT2D eigenvalue weighted by molar-refractivity contribution is 7.91. The maximum Gasteiger partial charge on any atom is 0.276 e. The third-order valence-electron chi connectivity index (χ3n) is 4.10. The summed E-state index contributed by atoms with van der Waals surface area (Å²) in [5.74, 6) is 0.235. The van der Waals surface area contributed by atoms with Crippen LogP contribution in [0.2, 0.25) is 4.34 Å². The van der Waals surface area contributed by atoms with Gasteiger partial charge in [0, 0.05) is 4.88 Å². The predicted octanol–water partition coefficient (Wildman–Crippen LogP) is 3.60. The molecule has 1 atom stereocenters. The summed E-state index contributed by atoms with van der Waals surface area (Å²) >= 11 is 8.12. The molecular formula is C15H17ClN2O3S3. The van der Waals surface area contributed by atoms with Gasteiger partial charge in [-0.15, -0.1) is 27.5 Å². The quantitative estimate of drug-likeness (QED) is 0.747. The van der Waals surface area contributed by atoms with Crippen LogP contribution in [-0.2, 0) is 22.9 Å². The van der Waals surface area contributed by atoms with Gasteiger partial charge in [0.25, 0.3) is 15.9 Å². The molecule has 0 aliphatic heterocycles. The molecule has 1 amide bonds. The molecule has 0 saturated carbocycles. The molecule has 3 rings (SSSR count). The van der Waals surface area contributed by atoms with Crippen LogP contribution in [0.5, 0.6) is 0 Å². The highest BCUT2D eigenvalue weighted by Gasteiger charge is 2.23. The third kappa shape index (κ3) is 3.83. The summed E-state index contributed by atoms with van der Waals surface area (Å²) < 4.78 is 24.6. The zero-order valence-corrected chi connectivity index (χ0v) is 16.2. The molecule has 1 aliphatic rings. The van der Waals surface area contributed by atoms with Crippen molar-refractivity contribution >= 4 is 50.2 Å². The van der Waals surface area contributed by atoms with Crippen LogP contribution in [0.25, 0.3) is 0 Å². The molecular weight excluding hydrogens is 388 g/mol. The summed E-state index contributed by atoms with van der Waals surface area (Å²) in [6.07, 6.45) is 4.27. The monoisotopic (exact) mass is 404 g/mol. The molecule has 2 N–H and O–H groups in total. The van der Waals surface area contributed by atoms with Crippen molar-refractivity contribution in [1.82, 2.24) is 10.3 Å². The average Bonchev–Trinajstić information content (AvgIpc) is 3.18. The van der Waals surface area contributed by atoms with E-state index in [1.54, 1.807) is 0 Å². The Bertz CT molecular complexity index is 857. The van der Waals surface area contributed by atoms with Gasteiger partial charge in [-0.3, -0.25) is 10.2 Å². The van der Waals surface area contributed by atoms with Gasteiger partial charge in [-0.2, -0.15) is 0 Å². The first-order valence-electron chi connectivity index (χ1n) is 7.58. The van der Waals surface area contributed by atoms with Crippen molar-refractivity contribution in [2.24, 2.45) is 5.92 Å². The van der Waals surface area contributed by atoms with E-state index in [9.17, 15) is 13.2 Å². The van der Waals surface area contributed by atoms with Crippen molar-refractivity contribution < 1.29 is 13.2 Å². The van der Waals surface area contributed by atoms with Crippen LogP contribution in [0.4, 0.5) is 0 Å². The predicted molar refractivity (Wildman–Crippen MR) is 97.2 cm³/mol. The number of amides is 1. The summed E-state index contributed by atoms with van der Waals surface area (Å²) in [7, 11) is -3.80. The van der Waals surface area contributed by atoms with Gasteiger partial charge >= 0.3 is 0 Å². The SMILES string of the molecule is CC[C@H]1CCc2sc(C(=O)NNS(=O)(=O)c3ccc(Cl)s3)cc2C1. The molecule has 0 unspecified atom stereocenters. The van der Waals surface area contributed by atoms with Gasteiger partial charge in [-0.05, 0) is 48.9 Å². The van der Waals surface area contributed by atoms with E-state index in [-0.39, 0.29) is 4.21 Å². The molecule has 0 aromatic carbocycles. The first-order valence-corrected chi connectivity index (χ1v) is 11.1. The fourth-order valence-corrected chi connectivity index (χ4v) is 6.15. The molecule has 0 fully saturated rings. The molecule has 1 aliphatic carbocycles. The number of hydrazine groups is 1. The van der Waals surface area contributed by atoms with Crippen LogP contribution in [0.15, 0.2) is 22.4 Å². The normalized spacial score (nSPS) is 17.5. The second-order valence-electron chi connectivity index (χ2n) is 5.69. The number of sulfonamides is 1. The molecule has 0 radical (unpaired) electrons. The zero-order chi connectivity index (χ0) is 17.3. The van der Waals surface area contributed by atoms with Crippen LogP contribution in [-0.4, -0.2) is 14.3 Å². The Hall–Kier alpha value is -0.930. The Kier molecular flexibility index (Phi) is 5.31. The topological polar surface area (TPSA) is 75.3 Å². The second-order valence-corrected chi connectivity index (χ2v) is 10.5. The summed E-state index contributed by atoms with van der Waals surface area (Å²) in [4.78, 5) is 16.1. The number of nitrogens with one attached hydrogen (secondary N) is 2. The van der Waals surface area contributed by atoms with Crippen LogP contribution in [0, 0.1) is 5.92 Å². The van der Waals surface area contributed by atoms with E-state index in [0.717, 1.165) is 37.0 Å². The fraction of sp³-hybridized carbons (Fsp3) is 0.400. The van der Waals surface area contributed by atoms with Gasteiger partial charge in [0.2, 0.25) is 0 Å². The number of carbonyl (C=O) groups is 1. The smallest absolute Gasteiger partial charge is 0.273 e. The lowest BCUT2D eigenvalue weighted by Gasteiger charge is -2.19. The number of carbonyl (C=O) groups excluding carboxylic acids is 1. The molecule has 2 aromatic rings. The van der Waals surface area contributed by atoms with Crippen molar-refractivity contribution in [2.45, 2.75) is 36.8 Å². The first kappa shape index (κ1) is 17.9. The largest absolute Gasteiger partial charge is 0.276 e. The van der Waals surface area contributed by atoms with Crippen LogP contribution in [0.3, 0.4) is 0 Å². The van der Waals surface area contributed by atoms with Crippen molar-refractivity contribution in [2.75, 3.05) is 0 Å². The molecule has 0 spiro atoms. The first-order chi connectivity index (χ1) is 11.4. The van der Waals surface area contributed by atoms with Crippen LogP contribution < -0.4 is 10.3 Å². The van der Waals surface area contributed by atoms with E-state index in [1.165, 1.54) is 33.9 Å². The summed E-state index contributed by atoms with van der Waals surface area (Å²) in [5, 5.41) is 0. The van der Waals surface area contributed by atoms with Gasteiger partial charge in [0.05, 0.1) is 9.21 Å². The van der Waals surface area contributed by atoms with Crippen molar-refractivity contribution in [3.8, 4) is 0 Å². The van der Waals surface area contributed by atoms with Crippen molar-refractivity contribution in [3.63, 3.8) is 0 Å². The van der Waals surface area contributed by atoms with E-state index < -0.39 is 15.9 Å². The van der Waals surface area contributed by atoms with E-state index in [2.05, 4.69) is 17.2 Å². The molecule has 2 heterocycles. The number of aryl methyl sites for hydroxylation is 1. The van der Waals surface area contributed by atoms with Gasteiger partial charge in [0.1, 0.15) is 4.21 Å². The Balaban J connectivity index is 1.67. The lowest BCUT2D eigenvalue weighted by atomic mass is 9.87. The molecule has 9 heteroatoms. The summed E-state index contributed by atoms with van der Waals surface area (Å²) in [6.45, 7) is 2.18. The number of thiophene rings is 2. The maximum atomic E-state index is 12.2. The van der Waals surface area contributed by atoms with Crippen LogP contribution >= 0.6 is 34.3 Å². The van der Waals surface area contributed by atoms with Gasteiger partial charge in [0.15, 0.2) is 0 Å². The minimum atomic E-state index is -3.80. The summed E-state index contributed by atoms with van der Waals surface area (Å²) in [5.41, 5.74) is 3.50. The molecule has 0 bridgehead atoms. The number of hydrogen-bond donors (Lipinski definition) is 2. The Morgan fingerprint density at radius 1 is 1.38 bits per heavy atom. The number of hydrogen-bond acceptors (Lipinski definition) is 5. The Morgan fingerprint density at radius 2 is 2.17 bits per heavy atom. The standard InChI is InChI=1S/C15H17ClN2O3S3/c1-2-9-3-4-11-10(7-9)8-12(22-11)15(19)17-18-24(20,21)14-6-5-13(16)23-14/h5-6,8-9,18H,2-4,7H2,1H3,(H,17,19)/t9-/m0/s1. The van der Waals surface area contributed by atoms with Crippen molar-refractivity contribution in [3.05, 3.63) is 37.9 Å². The minimum absolute atomic E-state index is 0.0593. The molecule has 2 aromatic heterocycles. The van der Waals surface area contributed by atoms with E-state index in [0.29, 0.717) is 15.1 Å². The van der Waals surface area contributed by atoms with Crippen molar-refractivity contribution in [1.29, 1.82) is 0 Å². The minimum Gasteiger partial charge on any atom is -0.273 e. The zero-order valence-electron chi connectivity index (χ0n) is 13.0. The van der Waals surface area contributed by atoms with Gasteiger partial charge in [-0.1, -0.05) is 24.9 Å². The maximum absolute atomic E-state index is 12.2. The van der Waals surface area contributed by atoms with Gasteiger partial charge < -0.3 is 0 Å². The Labute approximate surface area is 154 Å². The highest BCUT2D eigenvalue weighted by atomic mass is 35.5. The lowest BCUT2D eigenvalue weighted by molar-refractivity contribution is 0.0949. The van der Waals surface area contributed by atoms with Gasteiger partial charge in [-0.25, -0.2) is 8.42 Å². The Morgan fingerprint density at radius 3 is 2.83 bits per heavy atom. The fourth-order valence-electron chi connectivity index (χ4n) is 2.73. The highest BCUT2D eigenvalue weighted by Crippen LogP contribution is 2.33. The molecule has 5 nitrogen and oxygen atoms in total. The molecule has 130 valence electrons. The van der Waals surface area contributed by atoms with E-state index >= 15 is 0 Å². The summed E-state index contributed by atoms with van der Waals surface area (Å²) in [6, 6.07) is 4.78. The average molecular weight is 405 g/mol. The van der Waals surface area contributed by atoms with Crippen LogP contribution in [0.1, 0.15) is 39.9 Å². The molecule has 24 heavy (non-hydrogen) atoms. The lowest BCUT2D eigenvalue weighted by Crippen LogP contribution is -2.40. The number of rotatable bonds is 5. The molecule has 0 saturated heterocycles. The van der Waals surface area contributed by atoms with E-state index in [1.807, 2.05) is 6.07 Å². The third-order valence-corrected chi connectivity index (χ3v) is 8.30. The number of halogens is 1. The number of fused-ring (bicyclic) bond motifs is 1. The second kappa shape index (κ2) is 7.13. The van der Waals surface area contributed by atoms with E-state index in [4.69, 9.17) is 11.6 Å².